The van der Waals surface area contributed by atoms with E-state index in [2.05, 4.69) is 19.8 Å². The molecule has 120 valence electrons. The molecular weight excluding hydrogens is 329 g/mol. The third kappa shape index (κ3) is 3.92. The molecule has 5 nitrogen and oxygen atoms in total. The molecule has 0 aliphatic carbocycles. The van der Waals surface area contributed by atoms with Crippen LogP contribution < -0.4 is 4.74 Å². The van der Waals surface area contributed by atoms with Gasteiger partial charge in [0.15, 0.2) is 0 Å². The maximum absolute atomic E-state index is 12.1. The second kappa shape index (κ2) is 6.07. The van der Waals surface area contributed by atoms with Crippen LogP contribution in [0.4, 0.5) is 13.2 Å². The highest BCUT2D eigenvalue weighted by Gasteiger charge is 2.31. The first-order chi connectivity index (χ1) is 10.9. The summed E-state index contributed by atoms with van der Waals surface area (Å²) in [5.41, 5.74) is 0.844. The molecule has 0 aliphatic heterocycles. The Balaban J connectivity index is 1.71. The van der Waals surface area contributed by atoms with Gasteiger partial charge in [-0.15, -0.1) is 18.3 Å². The first kappa shape index (κ1) is 15.6. The Morgan fingerprint density at radius 2 is 1.96 bits per heavy atom. The van der Waals surface area contributed by atoms with Crippen LogP contribution in [0.3, 0.4) is 0 Å². The zero-order valence-corrected chi connectivity index (χ0v) is 12.7. The molecule has 1 aromatic carbocycles. The highest BCUT2D eigenvalue weighted by molar-refractivity contribution is 7.99. The topological polar surface area (TPSA) is 52.3 Å². The fourth-order valence-electron chi connectivity index (χ4n) is 1.93. The number of ether oxygens (including phenoxy) is 1. The van der Waals surface area contributed by atoms with E-state index in [-0.39, 0.29) is 11.0 Å². The van der Waals surface area contributed by atoms with Gasteiger partial charge in [0.25, 0.3) is 5.78 Å². The summed E-state index contributed by atoms with van der Waals surface area (Å²) in [6.07, 6.45) is -1.32. The number of benzene rings is 1. The summed E-state index contributed by atoms with van der Waals surface area (Å²) in [5, 5.41) is 4.79. The lowest BCUT2D eigenvalue weighted by atomic mass is 10.2. The maximum atomic E-state index is 12.1. The fourth-order valence-corrected chi connectivity index (χ4v) is 2.81. The highest BCUT2D eigenvalue weighted by atomic mass is 32.2. The van der Waals surface area contributed by atoms with Crippen LogP contribution >= 0.6 is 11.8 Å². The molecule has 1 atom stereocenters. The van der Waals surface area contributed by atoms with E-state index in [0.717, 1.165) is 5.56 Å². The van der Waals surface area contributed by atoms with Crippen molar-refractivity contribution in [3.05, 3.63) is 48.3 Å². The molecule has 0 radical (unpaired) electrons. The normalized spacial score (nSPS) is 13.2. The van der Waals surface area contributed by atoms with Crippen LogP contribution in [0, 0.1) is 0 Å². The van der Waals surface area contributed by atoms with Gasteiger partial charge in [0.05, 0.1) is 0 Å². The van der Waals surface area contributed by atoms with Crippen LogP contribution in [-0.2, 0) is 0 Å². The van der Waals surface area contributed by atoms with Crippen molar-refractivity contribution in [3.63, 3.8) is 0 Å². The van der Waals surface area contributed by atoms with Gasteiger partial charge in [-0.25, -0.2) is 9.50 Å². The number of hydrogen-bond acceptors (Lipinski definition) is 5. The molecule has 3 aromatic rings. The van der Waals surface area contributed by atoms with E-state index in [4.69, 9.17) is 0 Å². The fraction of sp³-hybridized carbons (Fsp3) is 0.214. The highest BCUT2D eigenvalue weighted by Crippen LogP contribution is 2.34. The summed E-state index contributed by atoms with van der Waals surface area (Å²) in [4.78, 5) is 8.35. The zero-order valence-electron chi connectivity index (χ0n) is 11.9. The minimum Gasteiger partial charge on any atom is -0.406 e. The summed E-state index contributed by atoms with van der Waals surface area (Å²) in [5.74, 6) is 0.254. The summed E-state index contributed by atoms with van der Waals surface area (Å²) in [6.45, 7) is 1.92. The van der Waals surface area contributed by atoms with Gasteiger partial charge < -0.3 is 4.74 Å². The van der Waals surface area contributed by atoms with E-state index in [1.165, 1.54) is 23.9 Å². The molecule has 0 N–H and O–H groups in total. The lowest BCUT2D eigenvalue weighted by Gasteiger charge is -2.12. The molecule has 3 rings (SSSR count). The smallest absolute Gasteiger partial charge is 0.406 e. The number of halogens is 3. The molecule has 0 amide bonds. The molecule has 9 heteroatoms. The van der Waals surface area contributed by atoms with E-state index < -0.39 is 6.36 Å². The molecule has 23 heavy (non-hydrogen) atoms. The first-order valence-corrected chi connectivity index (χ1v) is 7.48. The minimum atomic E-state index is -4.69. The molecular formula is C14H11F3N4OS. The molecule has 0 saturated heterocycles. The molecule has 0 fully saturated rings. The monoisotopic (exact) mass is 340 g/mol. The maximum Gasteiger partial charge on any atom is 0.573 e. The predicted molar refractivity (Wildman–Crippen MR) is 78.2 cm³/mol. The van der Waals surface area contributed by atoms with E-state index in [1.807, 2.05) is 6.92 Å². The van der Waals surface area contributed by atoms with E-state index in [9.17, 15) is 13.2 Å². The Kier molecular flexibility index (Phi) is 4.12. The van der Waals surface area contributed by atoms with Gasteiger partial charge >= 0.3 is 6.36 Å². The second-order valence-electron chi connectivity index (χ2n) is 4.64. The van der Waals surface area contributed by atoms with Gasteiger partial charge in [0, 0.05) is 17.6 Å². The number of nitrogens with zero attached hydrogens (tertiary/aromatic N) is 4. The first-order valence-electron chi connectivity index (χ1n) is 6.60. The Labute approximate surface area is 133 Å². The van der Waals surface area contributed by atoms with Crippen molar-refractivity contribution in [1.82, 2.24) is 19.6 Å². The van der Waals surface area contributed by atoms with Gasteiger partial charge in [0.2, 0.25) is 5.16 Å². The van der Waals surface area contributed by atoms with Gasteiger partial charge in [-0.3, -0.25) is 0 Å². The Hall–Kier alpha value is -2.29. The van der Waals surface area contributed by atoms with Crippen LogP contribution in [0.15, 0.2) is 47.9 Å². The molecule has 1 unspecified atom stereocenters. The third-order valence-corrected chi connectivity index (χ3v) is 3.97. The Morgan fingerprint density at radius 3 is 2.61 bits per heavy atom. The summed E-state index contributed by atoms with van der Waals surface area (Å²) in [6, 6.07) is 7.51. The van der Waals surface area contributed by atoms with E-state index >= 15 is 0 Å². The van der Waals surface area contributed by atoms with Crippen LogP contribution in [0.1, 0.15) is 17.7 Å². The Morgan fingerprint density at radius 1 is 1.22 bits per heavy atom. The minimum absolute atomic E-state index is 0.0349. The number of aromatic nitrogens is 4. The molecule has 0 saturated carbocycles. The van der Waals surface area contributed by atoms with Gasteiger partial charge in [-0.2, -0.15) is 4.98 Å². The largest absolute Gasteiger partial charge is 0.573 e. The second-order valence-corrected chi connectivity index (χ2v) is 5.94. The third-order valence-electron chi connectivity index (χ3n) is 2.96. The van der Waals surface area contributed by atoms with E-state index in [0.29, 0.717) is 10.9 Å². The molecule has 2 heterocycles. The molecule has 0 bridgehead atoms. The van der Waals surface area contributed by atoms with Crippen LogP contribution in [0.25, 0.3) is 5.78 Å². The van der Waals surface area contributed by atoms with Crippen molar-refractivity contribution in [1.29, 1.82) is 0 Å². The van der Waals surface area contributed by atoms with Crippen molar-refractivity contribution >= 4 is 17.5 Å². The summed E-state index contributed by atoms with van der Waals surface area (Å²) >= 11 is 1.40. The number of thioether (sulfide) groups is 1. The lowest BCUT2D eigenvalue weighted by Crippen LogP contribution is -2.17. The van der Waals surface area contributed by atoms with E-state index in [1.54, 1.807) is 35.1 Å². The van der Waals surface area contributed by atoms with Gasteiger partial charge in [-0.1, -0.05) is 23.9 Å². The average molecular weight is 340 g/mol. The van der Waals surface area contributed by atoms with Crippen molar-refractivity contribution in [2.45, 2.75) is 23.7 Å². The summed E-state index contributed by atoms with van der Waals surface area (Å²) in [7, 11) is 0. The van der Waals surface area contributed by atoms with Gasteiger partial charge in [-0.05, 0) is 30.7 Å². The number of hydrogen-bond donors (Lipinski definition) is 0. The van der Waals surface area contributed by atoms with Crippen molar-refractivity contribution in [2.24, 2.45) is 0 Å². The van der Waals surface area contributed by atoms with Crippen molar-refractivity contribution in [3.8, 4) is 5.75 Å². The van der Waals surface area contributed by atoms with Crippen LogP contribution in [0.2, 0.25) is 0 Å². The number of alkyl halides is 3. The van der Waals surface area contributed by atoms with Crippen LogP contribution in [-0.4, -0.2) is 25.9 Å². The summed E-state index contributed by atoms with van der Waals surface area (Å²) < 4.78 is 41.8. The SMILES string of the molecule is CC(Sc1nc2ncccn2n1)c1ccc(OC(F)(F)F)cc1. The average Bonchev–Trinajstić information content (AvgIpc) is 2.88. The lowest BCUT2D eigenvalue weighted by molar-refractivity contribution is -0.274. The Bertz CT molecular complexity index is 771. The molecule has 0 aliphatic rings. The van der Waals surface area contributed by atoms with Gasteiger partial charge in [0.1, 0.15) is 5.75 Å². The zero-order chi connectivity index (χ0) is 16.4. The van der Waals surface area contributed by atoms with Crippen LogP contribution in [0.5, 0.6) is 5.75 Å². The van der Waals surface area contributed by atoms with Crippen molar-refractivity contribution in [2.75, 3.05) is 0 Å². The number of fused-ring (bicyclic) bond motifs is 1. The quantitative estimate of drug-likeness (QED) is 0.675. The molecule has 2 aromatic heterocycles. The molecule has 0 spiro atoms. The standard InChI is InChI=1S/C14H11F3N4OS/c1-9(10-3-5-11(6-4-10)22-14(15,16)17)23-13-19-12-18-7-2-8-21(12)20-13/h2-9H,1H3. The van der Waals surface area contributed by atoms with Crippen molar-refractivity contribution < 1.29 is 17.9 Å². The number of rotatable bonds is 4. The predicted octanol–water partition coefficient (Wildman–Crippen LogP) is 3.88.